The van der Waals surface area contributed by atoms with Crippen LogP contribution in [0.1, 0.15) is 65.2 Å². The molecular weight excluding hydrogens is 220 g/mol. The van der Waals surface area contributed by atoms with Crippen LogP contribution >= 0.6 is 0 Å². The van der Waals surface area contributed by atoms with E-state index in [1.807, 2.05) is 0 Å². The van der Waals surface area contributed by atoms with Crippen LogP contribution in [0.2, 0.25) is 0 Å². The second kappa shape index (κ2) is 7.49. The van der Waals surface area contributed by atoms with Crippen molar-refractivity contribution in [3.63, 3.8) is 0 Å². The van der Waals surface area contributed by atoms with E-state index >= 15 is 0 Å². The minimum Gasteiger partial charge on any atom is -0.313 e. The summed E-state index contributed by atoms with van der Waals surface area (Å²) in [6.07, 6.45) is 11.5. The predicted molar refractivity (Wildman–Crippen MR) is 78.9 cm³/mol. The van der Waals surface area contributed by atoms with Crippen LogP contribution in [0.5, 0.6) is 0 Å². The molecule has 0 radical (unpaired) electrons. The molecular formula is C16H32N2. The van der Waals surface area contributed by atoms with Gasteiger partial charge in [0.05, 0.1) is 0 Å². The number of hydrogen-bond donors (Lipinski definition) is 1. The van der Waals surface area contributed by atoms with E-state index in [-0.39, 0.29) is 0 Å². The van der Waals surface area contributed by atoms with Crippen LogP contribution in [0.15, 0.2) is 0 Å². The van der Waals surface area contributed by atoms with E-state index in [0.717, 1.165) is 24.5 Å². The molecule has 0 amide bonds. The van der Waals surface area contributed by atoms with Gasteiger partial charge in [0.15, 0.2) is 0 Å². The van der Waals surface area contributed by atoms with E-state index in [1.54, 1.807) is 0 Å². The third-order valence-electron chi connectivity index (χ3n) is 5.09. The molecule has 1 aliphatic carbocycles. The first-order valence-corrected chi connectivity index (χ1v) is 8.32. The van der Waals surface area contributed by atoms with Crippen molar-refractivity contribution in [3.8, 4) is 0 Å². The van der Waals surface area contributed by atoms with Gasteiger partial charge in [0, 0.05) is 18.6 Å². The molecule has 1 saturated heterocycles. The zero-order valence-corrected chi connectivity index (χ0v) is 12.5. The minimum atomic E-state index is 0.754. The molecule has 1 N–H and O–H groups in total. The Morgan fingerprint density at radius 1 is 1.06 bits per heavy atom. The van der Waals surface area contributed by atoms with Gasteiger partial charge in [-0.25, -0.2) is 0 Å². The lowest BCUT2D eigenvalue weighted by molar-refractivity contribution is 0.116. The Labute approximate surface area is 114 Å². The molecule has 106 valence electrons. The molecule has 2 nitrogen and oxygen atoms in total. The SMILES string of the molecule is CCNC(CN1CCCCC1CC)C1CCCC1. The van der Waals surface area contributed by atoms with Crippen molar-refractivity contribution < 1.29 is 0 Å². The van der Waals surface area contributed by atoms with Crippen LogP contribution in [0, 0.1) is 5.92 Å². The van der Waals surface area contributed by atoms with Crippen LogP contribution in [0.4, 0.5) is 0 Å². The van der Waals surface area contributed by atoms with Crippen molar-refractivity contribution >= 4 is 0 Å². The highest BCUT2D eigenvalue weighted by Crippen LogP contribution is 2.29. The van der Waals surface area contributed by atoms with Crippen molar-refractivity contribution in [1.82, 2.24) is 10.2 Å². The second-order valence-electron chi connectivity index (χ2n) is 6.26. The third kappa shape index (κ3) is 3.71. The fraction of sp³-hybridized carbons (Fsp3) is 1.00. The molecule has 1 heterocycles. The highest BCUT2D eigenvalue weighted by Gasteiger charge is 2.29. The van der Waals surface area contributed by atoms with Crippen LogP contribution in [-0.4, -0.2) is 36.6 Å². The molecule has 1 saturated carbocycles. The minimum absolute atomic E-state index is 0.754. The van der Waals surface area contributed by atoms with Gasteiger partial charge in [0.25, 0.3) is 0 Å². The summed E-state index contributed by atoms with van der Waals surface area (Å²) in [7, 11) is 0. The summed E-state index contributed by atoms with van der Waals surface area (Å²) in [5, 5.41) is 3.77. The van der Waals surface area contributed by atoms with Crippen LogP contribution in [0.3, 0.4) is 0 Å². The quantitative estimate of drug-likeness (QED) is 0.779. The molecule has 2 rings (SSSR count). The highest BCUT2D eigenvalue weighted by molar-refractivity contribution is 4.86. The summed E-state index contributed by atoms with van der Waals surface area (Å²) < 4.78 is 0. The summed E-state index contributed by atoms with van der Waals surface area (Å²) in [5.41, 5.74) is 0. The van der Waals surface area contributed by atoms with E-state index in [9.17, 15) is 0 Å². The summed E-state index contributed by atoms with van der Waals surface area (Å²) in [6, 6.07) is 1.62. The number of nitrogens with zero attached hydrogens (tertiary/aromatic N) is 1. The van der Waals surface area contributed by atoms with E-state index in [2.05, 4.69) is 24.1 Å². The van der Waals surface area contributed by atoms with Gasteiger partial charge in [-0.3, -0.25) is 4.90 Å². The molecule has 18 heavy (non-hydrogen) atoms. The Morgan fingerprint density at radius 2 is 1.78 bits per heavy atom. The topological polar surface area (TPSA) is 15.3 Å². The van der Waals surface area contributed by atoms with Crippen molar-refractivity contribution in [3.05, 3.63) is 0 Å². The number of piperidine rings is 1. The van der Waals surface area contributed by atoms with E-state index in [0.29, 0.717) is 0 Å². The number of likely N-dealkylation sites (N-methyl/N-ethyl adjacent to an activating group) is 1. The van der Waals surface area contributed by atoms with Gasteiger partial charge in [-0.1, -0.05) is 33.1 Å². The van der Waals surface area contributed by atoms with Crippen molar-refractivity contribution in [2.24, 2.45) is 5.92 Å². The van der Waals surface area contributed by atoms with Crippen molar-refractivity contribution in [2.75, 3.05) is 19.6 Å². The lowest BCUT2D eigenvalue weighted by Gasteiger charge is -2.39. The monoisotopic (exact) mass is 252 g/mol. The number of nitrogens with one attached hydrogen (secondary N) is 1. The maximum absolute atomic E-state index is 3.77. The Kier molecular flexibility index (Phi) is 5.97. The molecule has 0 bridgehead atoms. The summed E-state index contributed by atoms with van der Waals surface area (Å²) in [6.45, 7) is 8.40. The molecule has 2 unspecified atom stereocenters. The van der Waals surface area contributed by atoms with Crippen molar-refractivity contribution in [1.29, 1.82) is 0 Å². The van der Waals surface area contributed by atoms with Crippen LogP contribution < -0.4 is 5.32 Å². The standard InChI is InChI=1S/C16H32N2/c1-3-15-11-7-8-12-18(15)13-16(17-4-2)14-9-5-6-10-14/h14-17H,3-13H2,1-2H3. The van der Waals surface area contributed by atoms with Gasteiger partial charge in [-0.2, -0.15) is 0 Å². The van der Waals surface area contributed by atoms with Gasteiger partial charge in [0.2, 0.25) is 0 Å². The zero-order valence-electron chi connectivity index (χ0n) is 12.5. The first kappa shape index (κ1) is 14.3. The average molecular weight is 252 g/mol. The number of likely N-dealkylation sites (tertiary alicyclic amines) is 1. The fourth-order valence-corrected chi connectivity index (χ4v) is 4.02. The Morgan fingerprint density at radius 3 is 2.44 bits per heavy atom. The molecule has 0 spiro atoms. The molecule has 2 atom stereocenters. The van der Waals surface area contributed by atoms with Crippen LogP contribution in [-0.2, 0) is 0 Å². The Balaban J connectivity index is 1.89. The third-order valence-corrected chi connectivity index (χ3v) is 5.09. The molecule has 1 aliphatic heterocycles. The van der Waals surface area contributed by atoms with Gasteiger partial charge in [-0.15, -0.1) is 0 Å². The van der Waals surface area contributed by atoms with Gasteiger partial charge in [-0.05, 0) is 51.1 Å². The molecule has 2 heteroatoms. The Hall–Kier alpha value is -0.0800. The maximum atomic E-state index is 3.77. The zero-order chi connectivity index (χ0) is 12.8. The summed E-state index contributed by atoms with van der Waals surface area (Å²) >= 11 is 0. The second-order valence-corrected chi connectivity index (χ2v) is 6.26. The molecule has 0 aromatic heterocycles. The van der Waals surface area contributed by atoms with Crippen LogP contribution in [0.25, 0.3) is 0 Å². The maximum Gasteiger partial charge on any atom is 0.0223 e. The van der Waals surface area contributed by atoms with E-state index < -0.39 is 0 Å². The predicted octanol–water partition coefficient (Wildman–Crippen LogP) is 3.42. The molecule has 0 aromatic rings. The lowest BCUT2D eigenvalue weighted by atomic mass is 9.94. The normalized spacial score (nSPS) is 28.7. The Bertz CT molecular complexity index is 223. The molecule has 2 aliphatic rings. The largest absolute Gasteiger partial charge is 0.313 e. The molecule has 0 aromatic carbocycles. The highest BCUT2D eigenvalue weighted by atomic mass is 15.2. The van der Waals surface area contributed by atoms with Gasteiger partial charge >= 0.3 is 0 Å². The first-order valence-electron chi connectivity index (χ1n) is 8.32. The van der Waals surface area contributed by atoms with Gasteiger partial charge < -0.3 is 5.32 Å². The lowest BCUT2D eigenvalue weighted by Crippen LogP contribution is -2.49. The number of rotatable bonds is 6. The fourth-order valence-electron chi connectivity index (χ4n) is 4.02. The molecule has 2 fully saturated rings. The van der Waals surface area contributed by atoms with Gasteiger partial charge in [0.1, 0.15) is 0 Å². The summed E-state index contributed by atoms with van der Waals surface area (Å²) in [4.78, 5) is 2.79. The number of hydrogen-bond acceptors (Lipinski definition) is 2. The first-order chi connectivity index (χ1) is 8.85. The van der Waals surface area contributed by atoms with E-state index in [4.69, 9.17) is 0 Å². The average Bonchev–Trinajstić information content (AvgIpc) is 2.92. The summed E-state index contributed by atoms with van der Waals surface area (Å²) in [5.74, 6) is 0.949. The smallest absolute Gasteiger partial charge is 0.0223 e. The van der Waals surface area contributed by atoms with Crippen molar-refractivity contribution in [2.45, 2.75) is 77.3 Å². The van der Waals surface area contributed by atoms with E-state index in [1.165, 1.54) is 64.5 Å².